The van der Waals surface area contributed by atoms with Crippen molar-refractivity contribution in [2.75, 3.05) is 20.1 Å². The van der Waals surface area contributed by atoms with Crippen LogP contribution in [0.15, 0.2) is 18.2 Å². The van der Waals surface area contributed by atoms with Crippen LogP contribution in [0.2, 0.25) is 0 Å². The molecule has 0 heterocycles. The van der Waals surface area contributed by atoms with Crippen molar-refractivity contribution in [3.8, 4) is 0 Å². The highest BCUT2D eigenvalue weighted by atomic mass is 19.1. The maximum Gasteiger partial charge on any atom is 0.126 e. The van der Waals surface area contributed by atoms with Crippen LogP contribution >= 0.6 is 0 Å². The van der Waals surface area contributed by atoms with Gasteiger partial charge in [0.05, 0.1) is 12.2 Å². The zero-order valence-corrected chi connectivity index (χ0v) is 12.2. The van der Waals surface area contributed by atoms with Gasteiger partial charge in [-0.2, -0.15) is 0 Å². The molecule has 0 saturated heterocycles. The average Bonchev–Trinajstić information content (AvgIpc) is 2.37. The van der Waals surface area contributed by atoms with Crippen LogP contribution in [0.25, 0.3) is 0 Å². The molecule has 0 bridgehead atoms. The van der Waals surface area contributed by atoms with Crippen LogP contribution in [-0.2, 0) is 0 Å². The molecule has 1 unspecified atom stereocenters. The van der Waals surface area contributed by atoms with E-state index in [2.05, 4.69) is 4.90 Å². The van der Waals surface area contributed by atoms with Crippen molar-refractivity contribution in [3.63, 3.8) is 0 Å². The van der Waals surface area contributed by atoms with Crippen molar-refractivity contribution in [3.05, 3.63) is 35.1 Å². The lowest BCUT2D eigenvalue weighted by Gasteiger charge is -2.34. The largest absolute Gasteiger partial charge is 0.393 e. The highest BCUT2D eigenvalue weighted by Gasteiger charge is 2.27. The number of aryl methyl sites for hydroxylation is 1. The van der Waals surface area contributed by atoms with Gasteiger partial charge in [-0.3, -0.25) is 0 Å². The van der Waals surface area contributed by atoms with Gasteiger partial charge in [-0.05, 0) is 56.3 Å². The Kier molecular flexibility index (Phi) is 5.13. The van der Waals surface area contributed by atoms with E-state index in [1.807, 2.05) is 7.05 Å². The van der Waals surface area contributed by atoms with Crippen molar-refractivity contribution in [1.82, 2.24) is 4.90 Å². The molecule has 112 valence electrons. The fourth-order valence-corrected chi connectivity index (χ4v) is 2.71. The third kappa shape index (κ3) is 4.01. The minimum atomic E-state index is -0.625. The number of halogens is 1. The van der Waals surface area contributed by atoms with Gasteiger partial charge in [0.25, 0.3) is 0 Å². The minimum absolute atomic E-state index is 0.116. The molecule has 0 spiro atoms. The van der Waals surface area contributed by atoms with E-state index in [9.17, 15) is 14.6 Å². The van der Waals surface area contributed by atoms with E-state index >= 15 is 0 Å². The lowest BCUT2D eigenvalue weighted by Crippen LogP contribution is -2.37. The molecule has 2 N–H and O–H groups in total. The molecular weight excluding hydrogens is 257 g/mol. The highest BCUT2D eigenvalue weighted by molar-refractivity contribution is 5.24. The summed E-state index contributed by atoms with van der Waals surface area (Å²) in [6, 6.07) is 4.90. The Morgan fingerprint density at radius 2 is 2.10 bits per heavy atom. The Labute approximate surface area is 120 Å². The summed E-state index contributed by atoms with van der Waals surface area (Å²) in [5, 5.41) is 19.4. The van der Waals surface area contributed by atoms with Crippen LogP contribution in [0, 0.1) is 18.7 Å². The molecular formula is C16H24FNO2. The first-order valence-corrected chi connectivity index (χ1v) is 7.26. The van der Waals surface area contributed by atoms with E-state index in [0.717, 1.165) is 25.9 Å². The van der Waals surface area contributed by atoms with Gasteiger partial charge in [0.1, 0.15) is 5.82 Å². The van der Waals surface area contributed by atoms with Crippen LogP contribution in [-0.4, -0.2) is 41.4 Å². The number of aliphatic hydroxyl groups excluding tert-OH is 2. The van der Waals surface area contributed by atoms with Gasteiger partial charge in [0.15, 0.2) is 0 Å². The molecule has 3 nitrogen and oxygen atoms in total. The molecule has 0 radical (unpaired) electrons. The molecule has 1 atom stereocenters. The molecule has 2 rings (SSSR count). The summed E-state index contributed by atoms with van der Waals surface area (Å²) in [7, 11) is 2.02. The SMILES string of the molecule is Cc1ccc(C(O)CCN(C)CC2CC(O)C2)cc1F. The van der Waals surface area contributed by atoms with E-state index in [4.69, 9.17) is 0 Å². The van der Waals surface area contributed by atoms with Crippen LogP contribution < -0.4 is 0 Å². The molecule has 0 amide bonds. The zero-order valence-electron chi connectivity index (χ0n) is 12.2. The Morgan fingerprint density at radius 1 is 1.40 bits per heavy atom. The zero-order chi connectivity index (χ0) is 14.7. The molecule has 1 fully saturated rings. The number of aliphatic hydroxyl groups is 2. The summed E-state index contributed by atoms with van der Waals surface area (Å²) in [6.45, 7) is 3.43. The van der Waals surface area contributed by atoms with Gasteiger partial charge in [-0.1, -0.05) is 12.1 Å². The van der Waals surface area contributed by atoms with Gasteiger partial charge in [-0.15, -0.1) is 0 Å². The average molecular weight is 281 g/mol. The van der Waals surface area contributed by atoms with E-state index in [1.54, 1.807) is 19.1 Å². The van der Waals surface area contributed by atoms with Crippen molar-refractivity contribution in [2.24, 2.45) is 5.92 Å². The number of hydrogen-bond donors (Lipinski definition) is 2. The molecule has 1 saturated carbocycles. The van der Waals surface area contributed by atoms with Gasteiger partial charge < -0.3 is 15.1 Å². The lowest BCUT2D eigenvalue weighted by atomic mass is 9.82. The second-order valence-corrected chi connectivity index (χ2v) is 6.07. The quantitative estimate of drug-likeness (QED) is 0.840. The van der Waals surface area contributed by atoms with Crippen LogP contribution in [0.4, 0.5) is 4.39 Å². The minimum Gasteiger partial charge on any atom is -0.393 e. The maximum atomic E-state index is 13.5. The highest BCUT2D eigenvalue weighted by Crippen LogP contribution is 2.28. The predicted molar refractivity (Wildman–Crippen MR) is 76.9 cm³/mol. The Bertz CT molecular complexity index is 446. The molecule has 20 heavy (non-hydrogen) atoms. The standard InChI is InChI=1S/C16H24FNO2/c1-11-3-4-13(9-15(11)17)16(20)5-6-18(2)10-12-7-14(19)8-12/h3-4,9,12,14,16,19-20H,5-8,10H2,1-2H3. The fraction of sp³-hybridized carbons (Fsp3) is 0.625. The first kappa shape index (κ1) is 15.4. The van der Waals surface area contributed by atoms with E-state index < -0.39 is 6.10 Å². The Balaban J connectivity index is 1.76. The molecule has 1 aromatic carbocycles. The molecule has 1 aliphatic carbocycles. The summed E-state index contributed by atoms with van der Waals surface area (Å²) in [6.07, 6.45) is 1.62. The third-order valence-corrected chi connectivity index (χ3v) is 4.15. The van der Waals surface area contributed by atoms with Crippen molar-refractivity contribution >= 4 is 0 Å². The van der Waals surface area contributed by atoms with Crippen LogP contribution in [0.5, 0.6) is 0 Å². The van der Waals surface area contributed by atoms with Crippen LogP contribution in [0.1, 0.15) is 36.5 Å². The summed E-state index contributed by atoms with van der Waals surface area (Å²) >= 11 is 0. The van der Waals surface area contributed by atoms with Gasteiger partial charge in [0.2, 0.25) is 0 Å². The first-order valence-electron chi connectivity index (χ1n) is 7.26. The summed E-state index contributed by atoms with van der Waals surface area (Å²) < 4.78 is 13.5. The fourth-order valence-electron chi connectivity index (χ4n) is 2.71. The normalized spacial score (nSPS) is 23.7. The maximum absolute atomic E-state index is 13.5. The molecule has 4 heteroatoms. The molecule has 1 aromatic rings. The topological polar surface area (TPSA) is 43.7 Å². The number of benzene rings is 1. The van der Waals surface area contributed by atoms with Crippen molar-refractivity contribution in [1.29, 1.82) is 0 Å². The van der Waals surface area contributed by atoms with Gasteiger partial charge >= 0.3 is 0 Å². The monoisotopic (exact) mass is 281 g/mol. The van der Waals surface area contributed by atoms with Gasteiger partial charge in [0, 0.05) is 13.1 Å². The Hall–Kier alpha value is -0.970. The second kappa shape index (κ2) is 6.66. The molecule has 1 aliphatic rings. The van der Waals surface area contributed by atoms with E-state index in [-0.39, 0.29) is 11.9 Å². The number of rotatable bonds is 6. The lowest BCUT2D eigenvalue weighted by molar-refractivity contribution is 0.0262. The van der Waals surface area contributed by atoms with E-state index in [0.29, 0.717) is 23.5 Å². The third-order valence-electron chi connectivity index (χ3n) is 4.15. The van der Waals surface area contributed by atoms with Crippen molar-refractivity contribution in [2.45, 2.75) is 38.4 Å². The van der Waals surface area contributed by atoms with Gasteiger partial charge in [-0.25, -0.2) is 4.39 Å². The predicted octanol–water partition coefficient (Wildman–Crippen LogP) is 2.26. The van der Waals surface area contributed by atoms with Crippen LogP contribution in [0.3, 0.4) is 0 Å². The van der Waals surface area contributed by atoms with E-state index in [1.165, 1.54) is 6.07 Å². The summed E-state index contributed by atoms with van der Waals surface area (Å²) in [5.74, 6) is 0.308. The molecule has 0 aromatic heterocycles. The first-order chi connectivity index (χ1) is 9.45. The summed E-state index contributed by atoms with van der Waals surface area (Å²) in [5.41, 5.74) is 1.24. The number of hydrogen-bond acceptors (Lipinski definition) is 3. The number of nitrogens with zero attached hydrogens (tertiary/aromatic N) is 1. The molecule has 0 aliphatic heterocycles. The van der Waals surface area contributed by atoms with Crippen molar-refractivity contribution < 1.29 is 14.6 Å². The second-order valence-electron chi connectivity index (χ2n) is 6.07. The summed E-state index contributed by atoms with van der Waals surface area (Å²) in [4.78, 5) is 2.17. The Morgan fingerprint density at radius 3 is 2.70 bits per heavy atom. The smallest absolute Gasteiger partial charge is 0.126 e.